The molecule has 31 heavy (non-hydrogen) atoms. The molecule has 0 unspecified atom stereocenters. The highest BCUT2D eigenvalue weighted by molar-refractivity contribution is 5.77. The predicted molar refractivity (Wildman–Crippen MR) is 125 cm³/mol. The minimum atomic E-state index is -1.39. The predicted octanol–water partition coefficient (Wildman–Crippen LogP) is 5.68. The molecule has 152 valence electrons. The summed E-state index contributed by atoms with van der Waals surface area (Å²) in [5.41, 5.74) is 4.39. The summed E-state index contributed by atoms with van der Waals surface area (Å²) in [5.74, 6) is 0.618. The second kappa shape index (κ2) is 7.86. The molecule has 1 atom stereocenters. The van der Waals surface area contributed by atoms with E-state index < -0.39 is 5.60 Å². The van der Waals surface area contributed by atoms with E-state index in [1.54, 1.807) is 0 Å². The van der Waals surface area contributed by atoms with Gasteiger partial charge in [0.2, 0.25) is 0 Å². The van der Waals surface area contributed by atoms with E-state index in [4.69, 9.17) is 4.98 Å². The van der Waals surface area contributed by atoms with Crippen molar-refractivity contribution in [2.24, 2.45) is 0 Å². The molecule has 3 nitrogen and oxygen atoms in total. The Morgan fingerprint density at radius 1 is 0.710 bits per heavy atom. The molecule has 0 aliphatic heterocycles. The average Bonchev–Trinajstić information content (AvgIpc) is 3.19. The van der Waals surface area contributed by atoms with Crippen LogP contribution in [0.2, 0.25) is 0 Å². The number of hydrogen-bond acceptors (Lipinski definition) is 2. The number of benzene rings is 4. The van der Waals surface area contributed by atoms with E-state index in [1.165, 1.54) is 0 Å². The van der Waals surface area contributed by atoms with Crippen molar-refractivity contribution in [2.45, 2.75) is 19.1 Å². The lowest BCUT2D eigenvalue weighted by atomic mass is 9.85. The Labute approximate surface area is 182 Å². The maximum absolute atomic E-state index is 12.4. The Morgan fingerprint density at radius 3 is 2.00 bits per heavy atom. The first-order valence-electron chi connectivity index (χ1n) is 10.5. The summed E-state index contributed by atoms with van der Waals surface area (Å²) in [5, 5.41) is 12.4. The van der Waals surface area contributed by atoms with Crippen LogP contribution < -0.4 is 0 Å². The second-order valence-corrected chi connectivity index (χ2v) is 7.94. The molecule has 1 aromatic heterocycles. The highest BCUT2D eigenvalue weighted by atomic mass is 16.3. The molecule has 0 aliphatic carbocycles. The van der Waals surface area contributed by atoms with Crippen molar-refractivity contribution in [3.05, 3.63) is 137 Å². The molecular formula is C28H24N2O. The van der Waals surface area contributed by atoms with Gasteiger partial charge in [-0.05, 0) is 35.7 Å². The fraction of sp³-hybridized carbons (Fsp3) is 0.107. The minimum absolute atomic E-state index is 0.618. The fourth-order valence-corrected chi connectivity index (χ4v) is 4.18. The van der Waals surface area contributed by atoms with Gasteiger partial charge in [0.1, 0.15) is 0 Å². The van der Waals surface area contributed by atoms with E-state index in [1.807, 2.05) is 91.0 Å². The minimum Gasteiger partial charge on any atom is -0.373 e. The fourth-order valence-electron chi connectivity index (χ4n) is 4.18. The summed E-state index contributed by atoms with van der Waals surface area (Å²) in [6, 6.07) is 36.2. The molecule has 0 saturated carbocycles. The van der Waals surface area contributed by atoms with E-state index in [2.05, 4.69) is 29.7 Å². The Balaban J connectivity index is 1.79. The van der Waals surface area contributed by atoms with Gasteiger partial charge in [-0.25, -0.2) is 4.98 Å². The first kappa shape index (κ1) is 19.3. The van der Waals surface area contributed by atoms with Crippen LogP contribution in [0.4, 0.5) is 0 Å². The summed E-state index contributed by atoms with van der Waals surface area (Å²) in [6.45, 7) is 2.67. The van der Waals surface area contributed by atoms with Gasteiger partial charge in [-0.3, -0.25) is 0 Å². The third-order valence-electron chi connectivity index (χ3n) is 5.82. The van der Waals surface area contributed by atoms with Gasteiger partial charge in [-0.2, -0.15) is 0 Å². The third kappa shape index (κ3) is 3.43. The molecule has 1 heterocycles. The molecule has 4 aromatic carbocycles. The zero-order valence-corrected chi connectivity index (χ0v) is 17.4. The normalized spacial score (nSPS) is 13.2. The first-order valence-corrected chi connectivity index (χ1v) is 10.5. The van der Waals surface area contributed by atoms with E-state index in [9.17, 15) is 5.11 Å². The third-order valence-corrected chi connectivity index (χ3v) is 5.82. The highest BCUT2D eigenvalue weighted by Gasteiger charge is 2.39. The number of hydrogen-bond donors (Lipinski definition) is 1. The number of aliphatic hydroxyl groups is 1. The molecule has 5 rings (SSSR count). The van der Waals surface area contributed by atoms with E-state index in [0.717, 1.165) is 33.3 Å². The van der Waals surface area contributed by atoms with Crippen LogP contribution in [0.15, 0.2) is 109 Å². The zero-order valence-electron chi connectivity index (χ0n) is 17.4. The van der Waals surface area contributed by atoms with Crippen molar-refractivity contribution >= 4 is 11.0 Å². The maximum atomic E-state index is 12.4. The number of rotatable bonds is 5. The summed E-state index contributed by atoms with van der Waals surface area (Å²) in [4.78, 5) is 4.97. The number of aryl methyl sites for hydroxylation is 1. The van der Waals surface area contributed by atoms with Crippen molar-refractivity contribution in [3.63, 3.8) is 0 Å². The Hall–Kier alpha value is -3.69. The van der Waals surface area contributed by atoms with Crippen LogP contribution >= 0.6 is 0 Å². The lowest BCUT2D eigenvalue weighted by Gasteiger charge is -2.30. The van der Waals surface area contributed by atoms with E-state index >= 15 is 0 Å². The van der Waals surface area contributed by atoms with Crippen LogP contribution in [0.25, 0.3) is 11.0 Å². The van der Waals surface area contributed by atoms with Gasteiger partial charge in [-0.15, -0.1) is 0 Å². The van der Waals surface area contributed by atoms with E-state index in [-0.39, 0.29) is 0 Å². The number of fused-ring (bicyclic) bond motifs is 1. The molecule has 0 fully saturated rings. The molecule has 0 aliphatic rings. The molecule has 3 heteroatoms. The standard InChI is InChI=1S/C28H24N2O/c1-21-16-18-24(19-17-21)28(31,23-12-6-3-7-13-23)27-29-25-14-8-9-15-26(25)30(27)20-22-10-4-2-5-11-22/h2-19,31H,20H2,1H3/t28-/m0/s1. The monoisotopic (exact) mass is 404 g/mol. The van der Waals surface area contributed by atoms with Gasteiger partial charge < -0.3 is 9.67 Å². The largest absolute Gasteiger partial charge is 0.373 e. The van der Waals surface area contributed by atoms with Crippen molar-refractivity contribution < 1.29 is 5.11 Å². The Bertz CT molecular complexity index is 1310. The van der Waals surface area contributed by atoms with Crippen molar-refractivity contribution in [1.82, 2.24) is 9.55 Å². The smallest absolute Gasteiger partial charge is 0.173 e. The summed E-state index contributed by atoms with van der Waals surface area (Å²) in [7, 11) is 0. The van der Waals surface area contributed by atoms with Gasteiger partial charge in [0.15, 0.2) is 11.4 Å². The lowest BCUT2D eigenvalue weighted by Crippen LogP contribution is -2.33. The highest BCUT2D eigenvalue weighted by Crippen LogP contribution is 2.38. The maximum Gasteiger partial charge on any atom is 0.173 e. The van der Waals surface area contributed by atoms with Crippen LogP contribution in [-0.2, 0) is 12.1 Å². The summed E-state index contributed by atoms with van der Waals surface area (Å²) in [6.07, 6.45) is 0. The van der Waals surface area contributed by atoms with Gasteiger partial charge in [-0.1, -0.05) is 103 Å². The van der Waals surface area contributed by atoms with Crippen molar-refractivity contribution in [3.8, 4) is 0 Å². The quantitative estimate of drug-likeness (QED) is 0.409. The molecule has 0 bridgehead atoms. The van der Waals surface area contributed by atoms with Gasteiger partial charge in [0.05, 0.1) is 11.0 Å². The van der Waals surface area contributed by atoms with Crippen LogP contribution in [-0.4, -0.2) is 14.7 Å². The summed E-state index contributed by atoms with van der Waals surface area (Å²) >= 11 is 0. The van der Waals surface area contributed by atoms with Crippen LogP contribution in [0.1, 0.15) is 28.1 Å². The molecule has 0 spiro atoms. The second-order valence-electron chi connectivity index (χ2n) is 7.94. The molecule has 0 amide bonds. The van der Waals surface area contributed by atoms with Gasteiger partial charge in [0.25, 0.3) is 0 Å². The van der Waals surface area contributed by atoms with Crippen LogP contribution in [0, 0.1) is 6.92 Å². The summed E-state index contributed by atoms with van der Waals surface area (Å²) < 4.78 is 2.14. The first-order chi connectivity index (χ1) is 15.2. The van der Waals surface area contributed by atoms with Crippen molar-refractivity contribution in [1.29, 1.82) is 0 Å². The number of aromatic nitrogens is 2. The molecule has 5 aromatic rings. The van der Waals surface area contributed by atoms with Crippen LogP contribution in [0.3, 0.4) is 0 Å². The van der Waals surface area contributed by atoms with Gasteiger partial charge in [0, 0.05) is 6.54 Å². The lowest BCUT2D eigenvalue weighted by molar-refractivity contribution is 0.112. The Kier molecular flexibility index (Phi) is 4.89. The topological polar surface area (TPSA) is 38.1 Å². The number of nitrogens with zero attached hydrogens (tertiary/aromatic N) is 2. The average molecular weight is 405 g/mol. The van der Waals surface area contributed by atoms with Gasteiger partial charge >= 0.3 is 0 Å². The molecular weight excluding hydrogens is 380 g/mol. The van der Waals surface area contributed by atoms with Crippen LogP contribution in [0.5, 0.6) is 0 Å². The van der Waals surface area contributed by atoms with Crippen molar-refractivity contribution in [2.75, 3.05) is 0 Å². The molecule has 0 radical (unpaired) electrons. The number of imidazole rings is 1. The SMILES string of the molecule is Cc1ccc([C@@](O)(c2ccccc2)c2nc3ccccc3n2Cc2ccccc2)cc1. The molecule has 0 saturated heterocycles. The Morgan fingerprint density at radius 2 is 1.29 bits per heavy atom. The van der Waals surface area contributed by atoms with E-state index in [0.29, 0.717) is 12.4 Å². The zero-order chi connectivity index (χ0) is 21.3. The number of para-hydroxylation sites is 2. The molecule has 1 N–H and O–H groups in total.